The van der Waals surface area contributed by atoms with Crippen molar-refractivity contribution in [3.05, 3.63) is 46.8 Å². The smallest absolute Gasteiger partial charge is 0.330 e. The predicted octanol–water partition coefficient (Wildman–Crippen LogP) is 1.46. The van der Waals surface area contributed by atoms with Gasteiger partial charge >= 0.3 is 5.97 Å². The molecule has 1 aromatic heterocycles. The average Bonchev–Trinajstić information content (AvgIpc) is 3.02. The summed E-state index contributed by atoms with van der Waals surface area (Å²) in [6, 6.07) is 5.58. The lowest BCUT2D eigenvalue weighted by molar-refractivity contribution is -0.146. The SMILES string of the molecule is Cc1noc(C)c1COC(=O)[C@@H](C)N=C1NS(=O)(=O)c2ccccc21. The third-order valence-corrected chi connectivity index (χ3v) is 5.26. The fourth-order valence-corrected chi connectivity index (χ4v) is 3.69. The number of esters is 1. The zero-order chi connectivity index (χ0) is 18.2. The summed E-state index contributed by atoms with van der Waals surface area (Å²) in [5.74, 6) is 0.148. The number of ether oxygens (including phenoxy) is 1. The number of amidine groups is 1. The molecule has 0 bridgehead atoms. The summed E-state index contributed by atoms with van der Waals surface area (Å²) in [6.07, 6.45) is 0. The van der Waals surface area contributed by atoms with Gasteiger partial charge in [-0.3, -0.25) is 9.71 Å². The van der Waals surface area contributed by atoms with Crippen molar-refractivity contribution in [2.24, 2.45) is 4.99 Å². The van der Waals surface area contributed by atoms with Gasteiger partial charge < -0.3 is 9.26 Å². The van der Waals surface area contributed by atoms with Gasteiger partial charge in [0.1, 0.15) is 24.2 Å². The molecule has 0 saturated heterocycles. The third-order valence-electron chi connectivity index (χ3n) is 3.87. The molecule has 0 radical (unpaired) electrons. The van der Waals surface area contributed by atoms with Crippen molar-refractivity contribution < 1.29 is 22.5 Å². The summed E-state index contributed by atoms with van der Waals surface area (Å²) in [7, 11) is -3.64. The third kappa shape index (κ3) is 3.27. The summed E-state index contributed by atoms with van der Waals surface area (Å²) in [5.41, 5.74) is 1.80. The average molecular weight is 363 g/mol. The maximum absolute atomic E-state index is 12.2. The van der Waals surface area contributed by atoms with Crippen molar-refractivity contribution in [2.45, 2.75) is 38.3 Å². The molecule has 3 rings (SSSR count). The van der Waals surface area contributed by atoms with Crippen LogP contribution in [0.4, 0.5) is 0 Å². The van der Waals surface area contributed by atoms with Crippen LogP contribution in [0.2, 0.25) is 0 Å². The van der Waals surface area contributed by atoms with Crippen LogP contribution in [0, 0.1) is 13.8 Å². The maximum Gasteiger partial charge on any atom is 0.330 e. The number of nitrogens with zero attached hydrogens (tertiary/aromatic N) is 2. The van der Waals surface area contributed by atoms with Gasteiger partial charge in [-0.2, -0.15) is 0 Å². The number of hydrogen-bond donors (Lipinski definition) is 1. The second-order valence-electron chi connectivity index (χ2n) is 5.67. The highest BCUT2D eigenvalue weighted by atomic mass is 32.2. The maximum atomic E-state index is 12.2. The van der Waals surface area contributed by atoms with E-state index in [9.17, 15) is 13.2 Å². The van der Waals surface area contributed by atoms with E-state index in [1.54, 1.807) is 32.0 Å². The molecule has 2 aromatic rings. The molecular weight excluding hydrogens is 346 g/mol. The molecule has 1 aromatic carbocycles. The van der Waals surface area contributed by atoms with E-state index in [0.717, 1.165) is 0 Å². The summed E-state index contributed by atoms with van der Waals surface area (Å²) in [4.78, 5) is 16.5. The van der Waals surface area contributed by atoms with Crippen molar-refractivity contribution in [3.8, 4) is 0 Å². The molecule has 2 heterocycles. The molecule has 1 aliphatic rings. The van der Waals surface area contributed by atoms with Crippen molar-refractivity contribution in [2.75, 3.05) is 0 Å². The Morgan fingerprint density at radius 2 is 2.08 bits per heavy atom. The van der Waals surface area contributed by atoms with E-state index >= 15 is 0 Å². The van der Waals surface area contributed by atoms with Gasteiger partial charge in [0.2, 0.25) is 0 Å². The summed E-state index contributed by atoms with van der Waals surface area (Å²) in [5, 5.41) is 3.79. The Bertz CT molecular complexity index is 942. The van der Waals surface area contributed by atoms with Gasteiger partial charge in [-0.1, -0.05) is 17.3 Å². The molecule has 0 spiro atoms. The van der Waals surface area contributed by atoms with Gasteiger partial charge in [0.25, 0.3) is 10.0 Å². The van der Waals surface area contributed by atoms with E-state index in [0.29, 0.717) is 22.6 Å². The number of carbonyl (C=O) groups is 1. The largest absolute Gasteiger partial charge is 0.459 e. The number of aromatic nitrogens is 1. The quantitative estimate of drug-likeness (QED) is 0.823. The molecule has 1 N–H and O–H groups in total. The zero-order valence-corrected chi connectivity index (χ0v) is 14.8. The van der Waals surface area contributed by atoms with Crippen LogP contribution in [0.5, 0.6) is 0 Å². The van der Waals surface area contributed by atoms with Gasteiger partial charge in [0, 0.05) is 5.56 Å². The number of fused-ring (bicyclic) bond motifs is 1. The lowest BCUT2D eigenvalue weighted by Gasteiger charge is -2.09. The first-order valence-electron chi connectivity index (χ1n) is 7.58. The molecule has 0 unspecified atom stereocenters. The highest BCUT2D eigenvalue weighted by molar-refractivity contribution is 7.90. The van der Waals surface area contributed by atoms with Crippen molar-refractivity contribution in [1.29, 1.82) is 0 Å². The van der Waals surface area contributed by atoms with Crippen molar-refractivity contribution in [1.82, 2.24) is 9.88 Å². The van der Waals surface area contributed by atoms with Crippen LogP contribution in [0.1, 0.15) is 29.5 Å². The molecule has 0 fully saturated rings. The fourth-order valence-electron chi connectivity index (χ4n) is 2.45. The lowest BCUT2D eigenvalue weighted by atomic mass is 10.2. The number of carbonyl (C=O) groups excluding carboxylic acids is 1. The van der Waals surface area contributed by atoms with E-state index in [2.05, 4.69) is 14.9 Å². The van der Waals surface area contributed by atoms with E-state index in [-0.39, 0.29) is 17.3 Å². The second kappa shape index (κ2) is 6.32. The van der Waals surface area contributed by atoms with Crippen LogP contribution in [-0.4, -0.2) is 31.4 Å². The molecule has 1 atom stereocenters. The van der Waals surface area contributed by atoms with Gasteiger partial charge in [-0.25, -0.2) is 13.2 Å². The minimum absolute atomic E-state index is 0.0253. The first-order chi connectivity index (χ1) is 11.8. The van der Waals surface area contributed by atoms with Crippen LogP contribution in [-0.2, 0) is 26.2 Å². The van der Waals surface area contributed by atoms with E-state index in [4.69, 9.17) is 9.26 Å². The van der Waals surface area contributed by atoms with Crippen LogP contribution in [0.15, 0.2) is 38.7 Å². The number of benzene rings is 1. The van der Waals surface area contributed by atoms with E-state index < -0.39 is 22.0 Å². The molecule has 0 saturated carbocycles. The number of sulfonamides is 1. The lowest BCUT2D eigenvalue weighted by Crippen LogP contribution is -2.26. The Labute approximate surface area is 144 Å². The molecule has 9 heteroatoms. The second-order valence-corrected chi connectivity index (χ2v) is 7.32. The molecule has 8 nitrogen and oxygen atoms in total. The van der Waals surface area contributed by atoms with Gasteiger partial charge in [0.05, 0.1) is 16.2 Å². The first kappa shape index (κ1) is 17.2. The Morgan fingerprint density at radius 1 is 1.36 bits per heavy atom. The molecular formula is C16H17N3O5S. The van der Waals surface area contributed by atoms with Gasteiger partial charge in [-0.15, -0.1) is 0 Å². The number of rotatable bonds is 4. The molecule has 0 amide bonds. The Morgan fingerprint density at radius 3 is 2.76 bits per heavy atom. The number of aliphatic imine (C=N–C) groups is 1. The number of hydrogen-bond acceptors (Lipinski definition) is 7. The standard InChI is InChI=1S/C16H17N3O5S/c1-9-13(11(3)24-18-9)8-23-16(20)10(2)17-15-12-6-4-5-7-14(12)25(21,22)19-15/h4-7,10H,8H2,1-3H3,(H,17,19)/t10-/m1/s1. The van der Waals surface area contributed by atoms with E-state index in [1.807, 2.05) is 0 Å². The van der Waals surface area contributed by atoms with Crippen LogP contribution in [0.25, 0.3) is 0 Å². The van der Waals surface area contributed by atoms with Gasteiger partial charge in [0.15, 0.2) is 0 Å². The first-order valence-corrected chi connectivity index (χ1v) is 9.06. The fraction of sp³-hybridized carbons (Fsp3) is 0.312. The molecule has 132 valence electrons. The summed E-state index contributed by atoms with van der Waals surface area (Å²) in [6.45, 7) is 5.06. The molecule has 1 aliphatic heterocycles. The Balaban J connectivity index is 1.75. The van der Waals surface area contributed by atoms with Crippen LogP contribution >= 0.6 is 0 Å². The highest BCUT2D eigenvalue weighted by Gasteiger charge is 2.31. The van der Waals surface area contributed by atoms with Crippen molar-refractivity contribution in [3.63, 3.8) is 0 Å². The van der Waals surface area contributed by atoms with Crippen molar-refractivity contribution >= 4 is 21.8 Å². The Hall–Kier alpha value is -2.68. The number of nitrogens with one attached hydrogen (secondary N) is 1. The Kier molecular flexibility index (Phi) is 4.34. The molecule has 25 heavy (non-hydrogen) atoms. The normalized spacial score (nSPS) is 17.8. The minimum atomic E-state index is -3.64. The van der Waals surface area contributed by atoms with E-state index in [1.165, 1.54) is 13.0 Å². The molecule has 0 aliphatic carbocycles. The van der Waals surface area contributed by atoms with Crippen LogP contribution in [0.3, 0.4) is 0 Å². The topological polar surface area (TPSA) is 111 Å². The zero-order valence-electron chi connectivity index (χ0n) is 13.9. The minimum Gasteiger partial charge on any atom is -0.459 e. The summed E-state index contributed by atoms with van der Waals surface area (Å²) >= 11 is 0. The summed E-state index contributed by atoms with van der Waals surface area (Å²) < 4.78 is 36.7. The highest BCUT2D eigenvalue weighted by Crippen LogP contribution is 2.22. The van der Waals surface area contributed by atoms with Crippen LogP contribution < -0.4 is 4.72 Å². The van der Waals surface area contributed by atoms with Gasteiger partial charge in [-0.05, 0) is 32.9 Å². The monoisotopic (exact) mass is 363 g/mol. The predicted molar refractivity (Wildman–Crippen MR) is 88.5 cm³/mol. The number of aryl methyl sites for hydroxylation is 2.